The van der Waals surface area contributed by atoms with Gasteiger partial charge in [0.1, 0.15) is 5.60 Å². The molecule has 0 saturated carbocycles. The Morgan fingerprint density at radius 2 is 1.59 bits per heavy atom. The number of hydrogen-bond acceptors (Lipinski definition) is 1. The molecule has 0 saturated heterocycles. The fraction of sp³-hybridized carbons (Fsp3) is 0.125. The van der Waals surface area contributed by atoms with E-state index in [1.807, 2.05) is 54.6 Å². The van der Waals surface area contributed by atoms with Crippen LogP contribution >= 0.6 is 0 Å². The van der Waals surface area contributed by atoms with Gasteiger partial charge in [-0.25, -0.2) is 0 Å². The van der Waals surface area contributed by atoms with Crippen LogP contribution in [-0.2, 0) is 5.60 Å². The molecule has 0 fully saturated rings. The molecular weight excluding hydrogens is 208 g/mol. The fourth-order valence-electron chi connectivity index (χ4n) is 1.90. The minimum Gasteiger partial charge on any atom is -0.381 e. The Morgan fingerprint density at radius 3 is 2.24 bits per heavy atom. The minimum atomic E-state index is -1.01. The zero-order chi connectivity index (χ0) is 12.3. The Hall–Kier alpha value is -1.86. The summed E-state index contributed by atoms with van der Waals surface area (Å²) in [5, 5.41) is 10.3. The lowest BCUT2D eigenvalue weighted by Gasteiger charge is -2.22. The first-order valence-electron chi connectivity index (χ1n) is 5.66. The van der Waals surface area contributed by atoms with Gasteiger partial charge in [0.2, 0.25) is 0 Å². The van der Waals surface area contributed by atoms with E-state index in [-0.39, 0.29) is 0 Å². The Kier molecular flexibility index (Phi) is 3.12. The number of hydrogen-bond donors (Lipinski definition) is 1. The molecule has 0 spiro atoms. The normalized spacial score (nSPS) is 14.0. The van der Waals surface area contributed by atoms with Gasteiger partial charge < -0.3 is 5.11 Å². The first kappa shape index (κ1) is 11.6. The van der Waals surface area contributed by atoms with Crippen molar-refractivity contribution in [3.8, 4) is 11.1 Å². The van der Waals surface area contributed by atoms with Crippen LogP contribution in [0, 0.1) is 0 Å². The second-order valence-electron chi connectivity index (χ2n) is 4.26. The fourth-order valence-corrected chi connectivity index (χ4v) is 1.90. The van der Waals surface area contributed by atoms with Crippen molar-refractivity contribution >= 4 is 0 Å². The largest absolute Gasteiger partial charge is 0.381 e. The van der Waals surface area contributed by atoms with E-state index >= 15 is 0 Å². The zero-order valence-electron chi connectivity index (χ0n) is 9.93. The molecule has 86 valence electrons. The van der Waals surface area contributed by atoms with Crippen LogP contribution < -0.4 is 0 Å². The number of aliphatic hydroxyl groups is 1. The SMILES string of the molecule is C=CC(C)(O)c1ccccc1-c1ccccc1. The highest BCUT2D eigenvalue weighted by molar-refractivity contribution is 5.68. The monoisotopic (exact) mass is 224 g/mol. The number of rotatable bonds is 3. The molecule has 0 aromatic heterocycles. The Balaban J connectivity index is 2.60. The molecule has 0 aliphatic rings. The average Bonchev–Trinajstić information content (AvgIpc) is 2.40. The summed E-state index contributed by atoms with van der Waals surface area (Å²) in [7, 11) is 0. The molecule has 0 radical (unpaired) electrons. The van der Waals surface area contributed by atoms with E-state index in [4.69, 9.17) is 0 Å². The predicted molar refractivity (Wildman–Crippen MR) is 71.6 cm³/mol. The maximum atomic E-state index is 10.3. The van der Waals surface area contributed by atoms with E-state index in [2.05, 4.69) is 6.58 Å². The van der Waals surface area contributed by atoms with Crippen LogP contribution in [0.25, 0.3) is 11.1 Å². The molecule has 1 atom stereocenters. The molecule has 2 aromatic rings. The summed E-state index contributed by atoms with van der Waals surface area (Å²) < 4.78 is 0. The van der Waals surface area contributed by atoms with Gasteiger partial charge in [0, 0.05) is 0 Å². The summed E-state index contributed by atoms with van der Waals surface area (Å²) in [6.07, 6.45) is 1.56. The Morgan fingerprint density at radius 1 is 1.00 bits per heavy atom. The molecule has 2 rings (SSSR count). The molecule has 0 heterocycles. The van der Waals surface area contributed by atoms with Gasteiger partial charge in [0.05, 0.1) is 0 Å². The van der Waals surface area contributed by atoms with Crippen LogP contribution in [0.5, 0.6) is 0 Å². The topological polar surface area (TPSA) is 20.2 Å². The van der Waals surface area contributed by atoms with Crippen molar-refractivity contribution in [3.63, 3.8) is 0 Å². The summed E-state index contributed by atoms with van der Waals surface area (Å²) in [6.45, 7) is 5.45. The van der Waals surface area contributed by atoms with Gasteiger partial charge in [-0.2, -0.15) is 0 Å². The second-order valence-corrected chi connectivity index (χ2v) is 4.26. The lowest BCUT2D eigenvalue weighted by atomic mass is 9.88. The summed E-state index contributed by atoms with van der Waals surface area (Å²) in [5.74, 6) is 0. The smallest absolute Gasteiger partial charge is 0.105 e. The van der Waals surface area contributed by atoms with Gasteiger partial charge in [0.15, 0.2) is 0 Å². The van der Waals surface area contributed by atoms with E-state index in [9.17, 15) is 5.11 Å². The average molecular weight is 224 g/mol. The highest BCUT2D eigenvalue weighted by Crippen LogP contribution is 2.32. The predicted octanol–water partition coefficient (Wildman–Crippen LogP) is 3.75. The third-order valence-electron chi connectivity index (χ3n) is 2.95. The quantitative estimate of drug-likeness (QED) is 0.787. The van der Waals surface area contributed by atoms with Gasteiger partial charge >= 0.3 is 0 Å². The van der Waals surface area contributed by atoms with Crippen LogP contribution in [0.3, 0.4) is 0 Å². The molecule has 0 aliphatic carbocycles. The van der Waals surface area contributed by atoms with E-state index in [1.54, 1.807) is 13.0 Å². The van der Waals surface area contributed by atoms with E-state index in [0.29, 0.717) is 0 Å². The van der Waals surface area contributed by atoms with E-state index < -0.39 is 5.60 Å². The highest BCUT2D eigenvalue weighted by Gasteiger charge is 2.21. The summed E-state index contributed by atoms with van der Waals surface area (Å²) in [5.41, 5.74) is 2.01. The van der Waals surface area contributed by atoms with Crippen molar-refractivity contribution in [2.24, 2.45) is 0 Å². The molecule has 1 heteroatoms. The molecule has 1 N–H and O–H groups in total. The van der Waals surface area contributed by atoms with Crippen LogP contribution in [0.15, 0.2) is 67.3 Å². The molecule has 1 nitrogen and oxygen atoms in total. The van der Waals surface area contributed by atoms with Crippen LogP contribution in [0.1, 0.15) is 12.5 Å². The summed E-state index contributed by atoms with van der Waals surface area (Å²) in [6, 6.07) is 17.9. The van der Waals surface area contributed by atoms with Crippen molar-refractivity contribution < 1.29 is 5.11 Å². The van der Waals surface area contributed by atoms with Crippen LogP contribution in [0.2, 0.25) is 0 Å². The van der Waals surface area contributed by atoms with Crippen molar-refractivity contribution in [1.82, 2.24) is 0 Å². The van der Waals surface area contributed by atoms with Gasteiger partial charge in [-0.3, -0.25) is 0 Å². The molecule has 2 aromatic carbocycles. The molecule has 0 aliphatic heterocycles. The number of benzene rings is 2. The van der Waals surface area contributed by atoms with Gasteiger partial charge in [-0.1, -0.05) is 67.3 Å². The third-order valence-corrected chi connectivity index (χ3v) is 2.95. The van der Waals surface area contributed by atoms with Gasteiger partial charge in [-0.15, -0.1) is 0 Å². The lowest BCUT2D eigenvalue weighted by Crippen LogP contribution is -2.18. The van der Waals surface area contributed by atoms with Crippen LogP contribution in [-0.4, -0.2) is 5.11 Å². The molecule has 1 unspecified atom stereocenters. The zero-order valence-corrected chi connectivity index (χ0v) is 9.93. The molecular formula is C16H16O. The first-order chi connectivity index (χ1) is 8.15. The van der Waals surface area contributed by atoms with E-state index in [1.165, 1.54) is 0 Å². The maximum Gasteiger partial charge on any atom is 0.105 e. The van der Waals surface area contributed by atoms with Gasteiger partial charge in [0.25, 0.3) is 0 Å². The first-order valence-corrected chi connectivity index (χ1v) is 5.66. The van der Waals surface area contributed by atoms with E-state index in [0.717, 1.165) is 16.7 Å². The van der Waals surface area contributed by atoms with Crippen molar-refractivity contribution in [3.05, 3.63) is 72.8 Å². The van der Waals surface area contributed by atoms with Crippen LogP contribution in [0.4, 0.5) is 0 Å². The second kappa shape index (κ2) is 4.56. The van der Waals surface area contributed by atoms with Gasteiger partial charge in [-0.05, 0) is 23.6 Å². The lowest BCUT2D eigenvalue weighted by molar-refractivity contribution is 0.112. The van der Waals surface area contributed by atoms with Crippen molar-refractivity contribution in [2.45, 2.75) is 12.5 Å². The Labute approximate surface area is 102 Å². The van der Waals surface area contributed by atoms with Crippen molar-refractivity contribution in [1.29, 1.82) is 0 Å². The summed E-state index contributed by atoms with van der Waals surface area (Å²) in [4.78, 5) is 0. The molecule has 0 bridgehead atoms. The highest BCUT2D eigenvalue weighted by atomic mass is 16.3. The summed E-state index contributed by atoms with van der Waals surface area (Å²) >= 11 is 0. The Bertz CT molecular complexity index is 512. The molecule has 17 heavy (non-hydrogen) atoms. The standard InChI is InChI=1S/C16H16O/c1-3-16(2,17)15-12-8-7-11-14(15)13-9-5-4-6-10-13/h3-12,17H,1H2,2H3. The van der Waals surface area contributed by atoms with Crippen molar-refractivity contribution in [2.75, 3.05) is 0 Å². The maximum absolute atomic E-state index is 10.3. The minimum absolute atomic E-state index is 0.876. The third kappa shape index (κ3) is 2.29. The molecule has 0 amide bonds.